The summed E-state index contributed by atoms with van der Waals surface area (Å²) in [5.74, 6) is -0.933. The van der Waals surface area contributed by atoms with Crippen molar-refractivity contribution in [2.75, 3.05) is 4.90 Å². The van der Waals surface area contributed by atoms with E-state index >= 15 is 0 Å². The number of ether oxygens (including phenoxy) is 1. The molecule has 0 radical (unpaired) electrons. The quantitative estimate of drug-likeness (QED) is 0.240. The maximum atomic E-state index is 13.2. The summed E-state index contributed by atoms with van der Waals surface area (Å²) < 4.78 is 7.26. The highest BCUT2D eigenvalue weighted by molar-refractivity contribution is 9.10. The van der Waals surface area contributed by atoms with Gasteiger partial charge in [0.15, 0.2) is 0 Å². The predicted molar refractivity (Wildman–Crippen MR) is 143 cm³/mol. The molecule has 0 aromatic heterocycles. The van der Waals surface area contributed by atoms with Gasteiger partial charge in [-0.15, -0.1) is 0 Å². The molecule has 10 heteroatoms. The molecule has 0 atom stereocenters. The minimum atomic E-state index is -0.798. The van der Waals surface area contributed by atoms with Crippen molar-refractivity contribution in [2.45, 2.75) is 13.5 Å². The Kier molecular flexibility index (Phi) is 7.66. The van der Waals surface area contributed by atoms with Crippen LogP contribution in [0.5, 0.6) is 5.75 Å². The maximum absolute atomic E-state index is 13.2. The summed E-state index contributed by atoms with van der Waals surface area (Å²) in [5, 5.41) is 3.27. The summed E-state index contributed by atoms with van der Waals surface area (Å²) in [6.45, 7) is 1.99. The van der Waals surface area contributed by atoms with E-state index in [2.05, 4.69) is 37.2 Å². The molecule has 1 N–H and O–H groups in total. The van der Waals surface area contributed by atoms with Gasteiger partial charge in [-0.25, -0.2) is 9.69 Å². The van der Waals surface area contributed by atoms with Crippen LogP contribution < -0.4 is 15.0 Å². The van der Waals surface area contributed by atoms with Crippen LogP contribution in [0.4, 0.5) is 10.5 Å². The number of carbonyl (C=O) groups excluding carboxylic acids is 3. The molecule has 0 bridgehead atoms. The molecule has 178 valence electrons. The lowest BCUT2D eigenvalue weighted by atomic mass is 10.1. The van der Waals surface area contributed by atoms with E-state index in [-0.39, 0.29) is 12.2 Å². The Balaban J connectivity index is 1.58. The Bertz CT molecular complexity index is 1410. The third-order valence-corrected chi connectivity index (χ3v) is 6.87. The third-order valence-electron chi connectivity index (χ3n) is 5.17. The standard InChI is InChI=1S/C25H16Br2Cl2N2O4/c1-13-8-16(26)4-6-21(13)31-24(33)18(23(32)30-25(31)34)9-14-2-7-22(19(27)10-14)35-12-15-3-5-17(28)11-20(15)29/h2-11H,12H2,1H3,(H,30,32,34)/b18-9-. The molecule has 35 heavy (non-hydrogen) atoms. The molecule has 4 rings (SSSR count). The number of rotatable bonds is 5. The number of hydrogen-bond donors (Lipinski definition) is 1. The summed E-state index contributed by atoms with van der Waals surface area (Å²) in [4.78, 5) is 39.1. The largest absolute Gasteiger partial charge is 0.488 e. The Morgan fingerprint density at radius 2 is 1.77 bits per heavy atom. The molecule has 1 saturated heterocycles. The first-order valence-electron chi connectivity index (χ1n) is 10.2. The fourth-order valence-electron chi connectivity index (χ4n) is 3.43. The first kappa shape index (κ1) is 25.4. The van der Waals surface area contributed by atoms with Crippen molar-refractivity contribution >= 4 is 84.7 Å². The van der Waals surface area contributed by atoms with Crippen LogP contribution in [0.3, 0.4) is 0 Å². The lowest BCUT2D eigenvalue weighted by molar-refractivity contribution is -0.122. The zero-order valence-corrected chi connectivity index (χ0v) is 22.8. The van der Waals surface area contributed by atoms with Gasteiger partial charge in [0.2, 0.25) is 0 Å². The van der Waals surface area contributed by atoms with Gasteiger partial charge in [0.1, 0.15) is 17.9 Å². The highest BCUT2D eigenvalue weighted by atomic mass is 79.9. The summed E-state index contributed by atoms with van der Waals surface area (Å²) in [6, 6.07) is 14.6. The van der Waals surface area contributed by atoms with E-state index in [9.17, 15) is 14.4 Å². The van der Waals surface area contributed by atoms with Gasteiger partial charge >= 0.3 is 6.03 Å². The van der Waals surface area contributed by atoms with E-state index in [0.29, 0.717) is 37.1 Å². The van der Waals surface area contributed by atoms with Crippen LogP contribution >= 0.6 is 55.1 Å². The first-order valence-corrected chi connectivity index (χ1v) is 12.5. The van der Waals surface area contributed by atoms with Crippen molar-refractivity contribution in [3.05, 3.63) is 95.9 Å². The van der Waals surface area contributed by atoms with E-state index in [1.165, 1.54) is 6.08 Å². The number of nitrogens with zero attached hydrogens (tertiary/aromatic N) is 1. The molecule has 0 spiro atoms. The van der Waals surface area contributed by atoms with Gasteiger partial charge in [0.25, 0.3) is 11.8 Å². The minimum absolute atomic E-state index is 0.166. The number of aryl methyl sites for hydroxylation is 1. The molecule has 0 unspecified atom stereocenters. The van der Waals surface area contributed by atoms with Crippen LogP contribution in [0.1, 0.15) is 16.7 Å². The van der Waals surface area contributed by atoms with Gasteiger partial charge in [0, 0.05) is 20.1 Å². The molecule has 3 aromatic carbocycles. The van der Waals surface area contributed by atoms with Crippen molar-refractivity contribution in [3.8, 4) is 5.75 Å². The second-order valence-electron chi connectivity index (χ2n) is 7.60. The molecule has 4 amide bonds. The zero-order chi connectivity index (χ0) is 25.3. The second kappa shape index (κ2) is 10.5. The van der Waals surface area contributed by atoms with Gasteiger partial charge < -0.3 is 4.74 Å². The molecule has 0 saturated carbocycles. The maximum Gasteiger partial charge on any atom is 0.335 e. The monoisotopic (exact) mass is 636 g/mol. The Labute approximate surface area is 228 Å². The number of halogens is 4. The predicted octanol–water partition coefficient (Wildman–Crippen LogP) is 7.07. The number of anilines is 1. The molecular formula is C25H16Br2Cl2N2O4. The zero-order valence-electron chi connectivity index (χ0n) is 18.1. The van der Waals surface area contributed by atoms with Crippen LogP contribution in [0.2, 0.25) is 10.0 Å². The number of barbiturate groups is 1. The van der Waals surface area contributed by atoms with E-state index in [1.54, 1.807) is 61.5 Å². The van der Waals surface area contributed by atoms with Crippen LogP contribution in [-0.2, 0) is 16.2 Å². The number of nitrogens with one attached hydrogen (secondary N) is 1. The number of imide groups is 2. The average molecular weight is 639 g/mol. The van der Waals surface area contributed by atoms with E-state index < -0.39 is 17.8 Å². The number of carbonyl (C=O) groups is 3. The Morgan fingerprint density at radius 3 is 2.46 bits per heavy atom. The van der Waals surface area contributed by atoms with Crippen molar-refractivity contribution in [1.29, 1.82) is 0 Å². The van der Waals surface area contributed by atoms with Crippen molar-refractivity contribution in [2.24, 2.45) is 0 Å². The van der Waals surface area contributed by atoms with E-state index in [1.807, 2.05) is 0 Å². The van der Waals surface area contributed by atoms with Crippen molar-refractivity contribution in [3.63, 3.8) is 0 Å². The molecular weight excluding hydrogens is 623 g/mol. The van der Waals surface area contributed by atoms with Crippen LogP contribution in [-0.4, -0.2) is 17.8 Å². The van der Waals surface area contributed by atoms with Crippen LogP contribution in [0, 0.1) is 6.92 Å². The van der Waals surface area contributed by atoms with Crippen molar-refractivity contribution < 1.29 is 19.1 Å². The highest BCUT2D eigenvalue weighted by Crippen LogP contribution is 2.31. The number of benzene rings is 3. The average Bonchev–Trinajstić information content (AvgIpc) is 2.78. The molecule has 6 nitrogen and oxygen atoms in total. The van der Waals surface area contributed by atoms with Gasteiger partial charge in [-0.05, 0) is 82.5 Å². The molecule has 1 aliphatic rings. The van der Waals surface area contributed by atoms with Crippen molar-refractivity contribution in [1.82, 2.24) is 5.32 Å². The molecule has 1 aliphatic heterocycles. The molecule has 3 aromatic rings. The van der Waals surface area contributed by atoms with Crippen LogP contribution in [0.25, 0.3) is 6.08 Å². The van der Waals surface area contributed by atoms with Gasteiger partial charge in [0.05, 0.1) is 10.2 Å². The topological polar surface area (TPSA) is 75.7 Å². The number of amides is 4. The number of hydrogen-bond acceptors (Lipinski definition) is 4. The smallest absolute Gasteiger partial charge is 0.335 e. The van der Waals surface area contributed by atoms with E-state index in [0.717, 1.165) is 14.9 Å². The normalized spacial score (nSPS) is 14.9. The molecule has 1 heterocycles. The lowest BCUT2D eigenvalue weighted by Crippen LogP contribution is -2.54. The Hall–Kier alpha value is -2.65. The summed E-state index contributed by atoms with van der Waals surface area (Å²) in [7, 11) is 0. The SMILES string of the molecule is Cc1cc(Br)ccc1N1C(=O)NC(=O)/C(=C/c2ccc(OCc3ccc(Cl)cc3Cl)c(Br)c2)C1=O. The third kappa shape index (κ3) is 5.62. The van der Waals surface area contributed by atoms with Gasteiger partial charge in [-0.2, -0.15) is 0 Å². The summed E-state index contributed by atoms with van der Waals surface area (Å²) >= 11 is 18.9. The summed E-state index contributed by atoms with van der Waals surface area (Å²) in [6.07, 6.45) is 1.43. The van der Waals surface area contributed by atoms with Gasteiger partial charge in [-0.3, -0.25) is 14.9 Å². The second-order valence-corrected chi connectivity index (χ2v) is 10.2. The molecule has 0 aliphatic carbocycles. The molecule has 1 fully saturated rings. The fraction of sp³-hybridized carbons (Fsp3) is 0.0800. The van der Waals surface area contributed by atoms with Crippen LogP contribution in [0.15, 0.2) is 69.1 Å². The Morgan fingerprint density at radius 1 is 1.00 bits per heavy atom. The minimum Gasteiger partial charge on any atom is -0.488 e. The van der Waals surface area contributed by atoms with E-state index in [4.69, 9.17) is 27.9 Å². The lowest BCUT2D eigenvalue weighted by Gasteiger charge is -2.27. The summed E-state index contributed by atoms with van der Waals surface area (Å²) in [5.41, 5.74) is 2.25. The first-order chi connectivity index (χ1) is 16.6. The van der Waals surface area contributed by atoms with Gasteiger partial charge in [-0.1, -0.05) is 51.3 Å². The fourth-order valence-corrected chi connectivity index (χ4v) is 4.88. The highest BCUT2D eigenvalue weighted by Gasteiger charge is 2.37. The number of urea groups is 1.